The van der Waals surface area contributed by atoms with Gasteiger partial charge in [0.15, 0.2) is 0 Å². The third-order valence-corrected chi connectivity index (χ3v) is 3.74. The maximum atomic E-state index is 13.2. The van der Waals surface area contributed by atoms with Crippen LogP contribution in [0.25, 0.3) is 11.0 Å². The van der Waals surface area contributed by atoms with Crippen LogP contribution in [0, 0.1) is 5.82 Å². The van der Waals surface area contributed by atoms with E-state index in [2.05, 4.69) is 10.3 Å². The lowest BCUT2D eigenvalue weighted by atomic mass is 10.2. The quantitative estimate of drug-likeness (QED) is 0.896. The summed E-state index contributed by atoms with van der Waals surface area (Å²) in [6.07, 6.45) is 0.861. The highest BCUT2D eigenvalue weighted by atomic mass is 35.5. The van der Waals surface area contributed by atoms with Crippen LogP contribution in [0.5, 0.6) is 0 Å². The molecule has 22 heavy (non-hydrogen) atoms. The second-order valence-corrected chi connectivity index (χ2v) is 5.18. The number of rotatable bonds is 3. The minimum atomic E-state index is -0.505. The molecule has 1 aliphatic heterocycles. The number of ether oxygens (including phenoxy) is 1. The van der Waals surface area contributed by atoms with Crippen LogP contribution < -0.4 is 11.1 Å². The van der Waals surface area contributed by atoms with Crippen molar-refractivity contribution in [3.8, 4) is 0 Å². The van der Waals surface area contributed by atoms with Gasteiger partial charge in [-0.05, 0) is 25.0 Å². The fourth-order valence-electron chi connectivity index (χ4n) is 2.55. The second kappa shape index (κ2) is 6.60. The van der Waals surface area contributed by atoms with Crippen molar-refractivity contribution in [1.29, 1.82) is 0 Å². The Labute approximate surface area is 133 Å². The Hall–Kier alpha value is -1.70. The molecule has 0 radical (unpaired) electrons. The molecule has 0 unspecified atom stereocenters. The van der Waals surface area contributed by atoms with Gasteiger partial charge < -0.3 is 15.0 Å². The van der Waals surface area contributed by atoms with Gasteiger partial charge in [-0.25, -0.2) is 9.37 Å². The molecule has 2 atom stereocenters. The molecule has 3 rings (SSSR count). The first-order chi connectivity index (χ1) is 10.1. The summed E-state index contributed by atoms with van der Waals surface area (Å²) in [5.41, 5.74) is 6.78. The number of nitrogens with one attached hydrogen (secondary N) is 1. The van der Waals surface area contributed by atoms with Gasteiger partial charge in [0, 0.05) is 19.7 Å². The predicted molar refractivity (Wildman–Crippen MR) is 83.5 cm³/mol. The zero-order valence-corrected chi connectivity index (χ0v) is 12.9. The number of hydrogen-bond acceptors (Lipinski definition) is 4. The summed E-state index contributed by atoms with van der Waals surface area (Å²) in [7, 11) is 1.76. The molecule has 6 nitrogen and oxygen atoms in total. The van der Waals surface area contributed by atoms with E-state index in [0.29, 0.717) is 24.4 Å². The molecule has 1 aromatic heterocycles. The maximum absolute atomic E-state index is 13.2. The van der Waals surface area contributed by atoms with Gasteiger partial charge >= 0.3 is 0 Å². The van der Waals surface area contributed by atoms with Gasteiger partial charge in [0.25, 0.3) is 5.91 Å². The van der Waals surface area contributed by atoms with E-state index in [-0.39, 0.29) is 30.2 Å². The van der Waals surface area contributed by atoms with E-state index < -0.39 is 6.10 Å². The highest BCUT2D eigenvalue weighted by molar-refractivity contribution is 5.94. The Balaban J connectivity index is 0.00000176. The molecule has 1 saturated heterocycles. The van der Waals surface area contributed by atoms with E-state index in [1.807, 2.05) is 0 Å². The fraction of sp³-hybridized carbons (Fsp3) is 0.429. The SMILES string of the molecule is Cl.Cn1c(NC(=O)[C@@H]2CC[C@H](CN)O2)nc2cc(F)ccc21. The van der Waals surface area contributed by atoms with Crippen molar-refractivity contribution in [1.82, 2.24) is 9.55 Å². The van der Waals surface area contributed by atoms with Gasteiger partial charge in [0.05, 0.1) is 17.1 Å². The molecular formula is C14H18ClFN4O2. The molecule has 2 aromatic rings. The smallest absolute Gasteiger partial charge is 0.255 e. The second-order valence-electron chi connectivity index (χ2n) is 5.18. The maximum Gasteiger partial charge on any atom is 0.255 e. The lowest BCUT2D eigenvalue weighted by molar-refractivity contribution is -0.126. The summed E-state index contributed by atoms with van der Waals surface area (Å²) < 4.78 is 20.5. The number of imidazole rings is 1. The third-order valence-electron chi connectivity index (χ3n) is 3.74. The molecule has 1 fully saturated rings. The third kappa shape index (κ3) is 3.06. The number of carbonyl (C=O) groups is 1. The van der Waals surface area contributed by atoms with Gasteiger partial charge in [-0.3, -0.25) is 10.1 Å². The van der Waals surface area contributed by atoms with E-state index in [0.717, 1.165) is 11.9 Å². The van der Waals surface area contributed by atoms with Crippen molar-refractivity contribution in [2.75, 3.05) is 11.9 Å². The van der Waals surface area contributed by atoms with Crippen LogP contribution in [-0.2, 0) is 16.6 Å². The standard InChI is InChI=1S/C14H17FN4O2.ClH/c1-19-11-4-2-8(15)6-10(11)17-14(19)18-13(20)12-5-3-9(7-16)21-12;/h2,4,6,9,12H,3,5,7,16H2,1H3,(H,17,18,20);1H/t9-,12+;/m1./s1. The predicted octanol–water partition coefficient (Wildman–Crippen LogP) is 1.58. The first-order valence-electron chi connectivity index (χ1n) is 6.87. The van der Waals surface area contributed by atoms with Crippen molar-refractivity contribution < 1.29 is 13.9 Å². The van der Waals surface area contributed by atoms with Gasteiger partial charge in [-0.2, -0.15) is 0 Å². The molecule has 0 aliphatic carbocycles. The van der Waals surface area contributed by atoms with E-state index in [4.69, 9.17) is 10.5 Å². The van der Waals surface area contributed by atoms with Crippen molar-refractivity contribution in [3.63, 3.8) is 0 Å². The molecule has 0 spiro atoms. The van der Waals surface area contributed by atoms with Crippen molar-refractivity contribution in [2.45, 2.75) is 25.0 Å². The lowest BCUT2D eigenvalue weighted by Crippen LogP contribution is -2.30. The Kier molecular flexibility index (Phi) is 5.00. The molecule has 0 saturated carbocycles. The number of anilines is 1. The molecule has 1 amide bonds. The monoisotopic (exact) mass is 328 g/mol. The van der Waals surface area contributed by atoms with Crippen LogP contribution in [0.15, 0.2) is 18.2 Å². The topological polar surface area (TPSA) is 82.2 Å². The molecular weight excluding hydrogens is 311 g/mol. The summed E-state index contributed by atoms with van der Waals surface area (Å²) in [4.78, 5) is 16.4. The minimum Gasteiger partial charge on any atom is -0.364 e. The van der Waals surface area contributed by atoms with Gasteiger partial charge in [0.1, 0.15) is 11.9 Å². The Morgan fingerprint density at radius 3 is 3.00 bits per heavy atom. The molecule has 8 heteroatoms. The van der Waals surface area contributed by atoms with Gasteiger partial charge in [0.2, 0.25) is 5.95 Å². The lowest BCUT2D eigenvalue weighted by Gasteiger charge is -2.12. The van der Waals surface area contributed by atoms with E-state index in [1.165, 1.54) is 12.1 Å². The minimum absolute atomic E-state index is 0. The van der Waals surface area contributed by atoms with Crippen molar-refractivity contribution >= 4 is 35.3 Å². The number of benzene rings is 1. The number of carbonyl (C=O) groups excluding carboxylic acids is 1. The molecule has 1 aromatic carbocycles. The highest BCUT2D eigenvalue weighted by Crippen LogP contribution is 2.22. The molecule has 3 N–H and O–H groups in total. The molecule has 0 bridgehead atoms. The van der Waals surface area contributed by atoms with E-state index in [1.54, 1.807) is 17.7 Å². The van der Waals surface area contributed by atoms with Crippen LogP contribution in [0.1, 0.15) is 12.8 Å². The van der Waals surface area contributed by atoms with Crippen LogP contribution in [0.4, 0.5) is 10.3 Å². The summed E-state index contributed by atoms with van der Waals surface area (Å²) in [6, 6.07) is 4.33. The Morgan fingerprint density at radius 1 is 1.55 bits per heavy atom. The fourth-order valence-corrected chi connectivity index (χ4v) is 2.55. The number of fused-ring (bicyclic) bond motifs is 1. The van der Waals surface area contributed by atoms with E-state index >= 15 is 0 Å². The number of aryl methyl sites for hydroxylation is 1. The number of amides is 1. The first-order valence-corrected chi connectivity index (χ1v) is 6.87. The molecule has 120 valence electrons. The van der Waals surface area contributed by atoms with Crippen LogP contribution >= 0.6 is 12.4 Å². The van der Waals surface area contributed by atoms with Crippen LogP contribution in [-0.4, -0.2) is 34.2 Å². The average Bonchev–Trinajstić information content (AvgIpc) is 3.05. The zero-order valence-electron chi connectivity index (χ0n) is 12.1. The molecule has 2 heterocycles. The average molecular weight is 329 g/mol. The number of halogens is 2. The summed E-state index contributed by atoms with van der Waals surface area (Å²) in [5.74, 6) is -0.228. The number of aromatic nitrogens is 2. The van der Waals surface area contributed by atoms with E-state index in [9.17, 15) is 9.18 Å². The Morgan fingerprint density at radius 2 is 2.32 bits per heavy atom. The van der Waals surface area contributed by atoms with Crippen molar-refractivity contribution in [2.24, 2.45) is 12.8 Å². The molecule has 1 aliphatic rings. The van der Waals surface area contributed by atoms with Gasteiger partial charge in [-0.1, -0.05) is 0 Å². The Bertz CT molecular complexity index is 691. The normalized spacial score (nSPS) is 20.9. The number of nitrogens with zero attached hydrogens (tertiary/aromatic N) is 2. The van der Waals surface area contributed by atoms with Crippen molar-refractivity contribution in [3.05, 3.63) is 24.0 Å². The van der Waals surface area contributed by atoms with Crippen LogP contribution in [0.2, 0.25) is 0 Å². The van der Waals surface area contributed by atoms with Crippen LogP contribution in [0.3, 0.4) is 0 Å². The number of nitrogens with two attached hydrogens (primary N) is 1. The zero-order chi connectivity index (χ0) is 15.0. The first kappa shape index (κ1) is 16.7. The van der Waals surface area contributed by atoms with Gasteiger partial charge in [-0.15, -0.1) is 12.4 Å². The largest absolute Gasteiger partial charge is 0.364 e. The summed E-state index contributed by atoms with van der Waals surface area (Å²) >= 11 is 0. The highest BCUT2D eigenvalue weighted by Gasteiger charge is 2.30. The summed E-state index contributed by atoms with van der Waals surface area (Å²) in [6.45, 7) is 0.412. The number of hydrogen-bond donors (Lipinski definition) is 2. The summed E-state index contributed by atoms with van der Waals surface area (Å²) in [5, 5.41) is 2.73.